The Hall–Kier alpha value is -1.72. The second-order valence-corrected chi connectivity index (χ2v) is 4.85. The monoisotopic (exact) mass is 281 g/mol. The highest BCUT2D eigenvalue weighted by Gasteiger charge is 2.10. The van der Waals surface area contributed by atoms with Crippen molar-refractivity contribution in [2.45, 2.75) is 26.4 Å². The van der Waals surface area contributed by atoms with Crippen molar-refractivity contribution < 1.29 is 19.4 Å². The second kappa shape index (κ2) is 7.77. The molecule has 4 nitrogen and oxygen atoms in total. The van der Waals surface area contributed by atoms with E-state index in [0.717, 1.165) is 11.6 Å². The average Bonchev–Trinajstić information content (AvgIpc) is 2.35. The Balaban J connectivity index is 2.91. The number of carboxylic acids is 1. The van der Waals surface area contributed by atoms with Crippen LogP contribution in [0.3, 0.4) is 0 Å². The summed E-state index contributed by atoms with van der Waals surface area (Å²) in [6.45, 7) is 5.05. The van der Waals surface area contributed by atoms with Crippen LogP contribution in [-0.2, 0) is 11.3 Å². The van der Waals surface area contributed by atoms with Crippen molar-refractivity contribution in [1.29, 1.82) is 0 Å². The van der Waals surface area contributed by atoms with Crippen molar-refractivity contribution in [2.24, 2.45) is 0 Å². The Morgan fingerprint density at radius 3 is 2.65 bits per heavy atom. The normalized spacial score (nSPS) is 11.7. The topological polar surface area (TPSA) is 60.8 Å². The van der Waals surface area contributed by atoms with Crippen LogP contribution in [0.15, 0.2) is 24.3 Å². The van der Waals surface area contributed by atoms with Gasteiger partial charge < -0.3 is 10.2 Å². The molecule has 0 aliphatic rings. The van der Waals surface area contributed by atoms with Gasteiger partial charge in [-0.15, -0.1) is 0 Å². The van der Waals surface area contributed by atoms with E-state index < -0.39 is 11.8 Å². The van der Waals surface area contributed by atoms with Gasteiger partial charge in [-0.3, -0.25) is 4.90 Å². The molecule has 0 heterocycles. The van der Waals surface area contributed by atoms with Crippen LogP contribution < -0.4 is 0 Å². The fraction of sp³-hybridized carbons (Fsp3) is 0.400. The van der Waals surface area contributed by atoms with Crippen molar-refractivity contribution in [3.8, 4) is 0 Å². The van der Waals surface area contributed by atoms with E-state index in [0.29, 0.717) is 18.7 Å². The van der Waals surface area contributed by atoms with Crippen LogP contribution in [-0.4, -0.2) is 40.3 Å². The maximum Gasteiger partial charge on any atom is 0.328 e. The Kier molecular flexibility index (Phi) is 6.35. The molecule has 0 atom stereocenters. The number of benzene rings is 1. The molecule has 0 bridgehead atoms. The van der Waals surface area contributed by atoms with Crippen LogP contribution >= 0.6 is 0 Å². The lowest BCUT2D eigenvalue weighted by molar-refractivity contribution is -0.131. The van der Waals surface area contributed by atoms with Gasteiger partial charge in [-0.1, -0.05) is 6.07 Å². The number of hydrogen-bond donors (Lipinski definition) is 2. The molecule has 0 unspecified atom stereocenters. The predicted octanol–water partition coefficient (Wildman–Crippen LogP) is 2.13. The van der Waals surface area contributed by atoms with Gasteiger partial charge in [0.2, 0.25) is 0 Å². The van der Waals surface area contributed by atoms with E-state index in [4.69, 9.17) is 10.2 Å². The number of nitrogens with zero attached hydrogens (tertiary/aromatic N) is 1. The van der Waals surface area contributed by atoms with E-state index in [9.17, 15) is 9.18 Å². The highest BCUT2D eigenvalue weighted by atomic mass is 19.1. The third-order valence-corrected chi connectivity index (χ3v) is 2.90. The second-order valence-electron chi connectivity index (χ2n) is 4.85. The van der Waals surface area contributed by atoms with Crippen LogP contribution in [0.2, 0.25) is 0 Å². The van der Waals surface area contributed by atoms with Gasteiger partial charge in [0.1, 0.15) is 5.82 Å². The lowest BCUT2D eigenvalue weighted by Gasteiger charge is -2.25. The van der Waals surface area contributed by atoms with Gasteiger partial charge in [0, 0.05) is 25.2 Å². The molecule has 20 heavy (non-hydrogen) atoms. The first kappa shape index (κ1) is 16.3. The van der Waals surface area contributed by atoms with Crippen molar-refractivity contribution in [3.63, 3.8) is 0 Å². The highest BCUT2D eigenvalue weighted by Crippen LogP contribution is 2.14. The van der Waals surface area contributed by atoms with E-state index in [2.05, 4.69) is 0 Å². The number of halogens is 1. The molecule has 5 heteroatoms. The minimum absolute atomic E-state index is 0.0409. The number of aliphatic carboxylic acids is 1. The van der Waals surface area contributed by atoms with Gasteiger partial charge >= 0.3 is 5.97 Å². The van der Waals surface area contributed by atoms with Crippen LogP contribution in [0.5, 0.6) is 0 Å². The first-order chi connectivity index (χ1) is 9.42. The van der Waals surface area contributed by atoms with Crippen molar-refractivity contribution in [3.05, 3.63) is 41.2 Å². The number of aliphatic hydroxyl groups excluding tert-OH is 1. The van der Waals surface area contributed by atoms with Crippen molar-refractivity contribution in [1.82, 2.24) is 4.90 Å². The molecule has 0 spiro atoms. The summed E-state index contributed by atoms with van der Waals surface area (Å²) in [5.74, 6) is -1.47. The molecule has 110 valence electrons. The summed E-state index contributed by atoms with van der Waals surface area (Å²) in [4.78, 5) is 12.5. The van der Waals surface area contributed by atoms with Gasteiger partial charge in [-0.05, 0) is 43.2 Å². The van der Waals surface area contributed by atoms with E-state index in [1.54, 1.807) is 6.07 Å². The Morgan fingerprint density at radius 2 is 2.10 bits per heavy atom. The van der Waals surface area contributed by atoms with E-state index in [1.165, 1.54) is 18.2 Å². The molecule has 1 aromatic carbocycles. The lowest BCUT2D eigenvalue weighted by Crippen LogP contribution is -2.32. The smallest absolute Gasteiger partial charge is 0.328 e. The SMILES string of the molecule is CC(C)N(CCO)Cc1cc(F)cc(C=CC(=O)O)c1. The molecule has 0 amide bonds. The number of carbonyl (C=O) groups is 1. The summed E-state index contributed by atoms with van der Waals surface area (Å²) < 4.78 is 13.5. The first-order valence-corrected chi connectivity index (χ1v) is 6.47. The lowest BCUT2D eigenvalue weighted by atomic mass is 10.1. The standard InChI is InChI=1S/C15H20FNO3/c1-11(2)17(5-6-18)10-13-7-12(3-4-15(19)20)8-14(16)9-13/h3-4,7-9,11,18H,5-6,10H2,1-2H3,(H,19,20). The van der Waals surface area contributed by atoms with Gasteiger partial charge in [0.15, 0.2) is 0 Å². The van der Waals surface area contributed by atoms with Crippen molar-refractivity contribution >= 4 is 12.0 Å². The fourth-order valence-electron chi connectivity index (χ4n) is 1.91. The maximum absolute atomic E-state index is 13.5. The summed E-state index contributed by atoms with van der Waals surface area (Å²) in [7, 11) is 0. The summed E-state index contributed by atoms with van der Waals surface area (Å²) in [5.41, 5.74) is 1.26. The molecule has 2 N–H and O–H groups in total. The number of rotatable bonds is 7. The van der Waals surface area contributed by atoms with Gasteiger partial charge in [0.05, 0.1) is 6.61 Å². The molecular formula is C15H20FNO3. The Bertz CT molecular complexity index is 486. The quantitative estimate of drug-likeness (QED) is 0.752. The third-order valence-electron chi connectivity index (χ3n) is 2.90. The summed E-state index contributed by atoms with van der Waals surface area (Å²) in [6, 6.07) is 4.68. The van der Waals surface area contributed by atoms with E-state index >= 15 is 0 Å². The summed E-state index contributed by atoms with van der Waals surface area (Å²) in [6.07, 6.45) is 2.34. The minimum Gasteiger partial charge on any atom is -0.478 e. The van der Waals surface area contributed by atoms with Crippen LogP contribution in [0.25, 0.3) is 6.08 Å². The molecule has 0 aromatic heterocycles. The van der Waals surface area contributed by atoms with Crippen molar-refractivity contribution in [2.75, 3.05) is 13.2 Å². The van der Waals surface area contributed by atoms with Gasteiger partial charge in [-0.25, -0.2) is 9.18 Å². The van der Waals surface area contributed by atoms with Gasteiger partial charge in [-0.2, -0.15) is 0 Å². The molecule has 0 aliphatic heterocycles. The molecule has 0 saturated carbocycles. The zero-order valence-electron chi connectivity index (χ0n) is 11.7. The van der Waals surface area contributed by atoms with Crippen LogP contribution in [0, 0.1) is 5.82 Å². The molecule has 0 radical (unpaired) electrons. The molecule has 0 saturated heterocycles. The highest BCUT2D eigenvalue weighted by molar-refractivity contribution is 5.85. The average molecular weight is 281 g/mol. The third kappa shape index (κ3) is 5.50. The van der Waals surface area contributed by atoms with Crippen LogP contribution in [0.1, 0.15) is 25.0 Å². The Morgan fingerprint density at radius 1 is 1.40 bits per heavy atom. The van der Waals surface area contributed by atoms with Gasteiger partial charge in [0.25, 0.3) is 0 Å². The first-order valence-electron chi connectivity index (χ1n) is 6.47. The summed E-state index contributed by atoms with van der Waals surface area (Å²) in [5, 5.41) is 17.6. The number of carboxylic acid groups (broad SMARTS) is 1. The summed E-state index contributed by atoms with van der Waals surface area (Å²) >= 11 is 0. The minimum atomic E-state index is -1.07. The Labute approximate surface area is 118 Å². The van der Waals surface area contributed by atoms with Crippen LogP contribution in [0.4, 0.5) is 4.39 Å². The van der Waals surface area contributed by atoms with E-state index in [1.807, 2.05) is 18.7 Å². The predicted molar refractivity (Wildman–Crippen MR) is 75.7 cm³/mol. The number of aliphatic hydroxyl groups is 1. The largest absolute Gasteiger partial charge is 0.478 e. The molecule has 0 fully saturated rings. The fourth-order valence-corrected chi connectivity index (χ4v) is 1.91. The zero-order valence-corrected chi connectivity index (χ0v) is 11.7. The molecular weight excluding hydrogens is 261 g/mol. The zero-order chi connectivity index (χ0) is 15.1. The molecule has 1 aromatic rings. The van der Waals surface area contributed by atoms with E-state index in [-0.39, 0.29) is 12.6 Å². The number of hydrogen-bond acceptors (Lipinski definition) is 3. The maximum atomic E-state index is 13.5. The molecule has 0 aliphatic carbocycles. The molecule has 1 rings (SSSR count).